The van der Waals surface area contributed by atoms with Gasteiger partial charge in [0.25, 0.3) is 0 Å². The third kappa shape index (κ3) is 3.63. The molecular weight excluding hydrogens is 264 g/mol. The van der Waals surface area contributed by atoms with E-state index in [1.807, 2.05) is 13.0 Å². The molecule has 0 saturated carbocycles. The van der Waals surface area contributed by atoms with E-state index in [9.17, 15) is 9.90 Å². The van der Waals surface area contributed by atoms with Crippen LogP contribution in [0.5, 0.6) is 0 Å². The van der Waals surface area contributed by atoms with Crippen LogP contribution in [-0.2, 0) is 11.3 Å². The van der Waals surface area contributed by atoms with Crippen LogP contribution in [-0.4, -0.2) is 52.1 Å². The van der Waals surface area contributed by atoms with Gasteiger partial charge in [-0.1, -0.05) is 37.3 Å². The molecule has 0 radical (unpaired) electrons. The minimum atomic E-state index is -0.803. The molecule has 1 unspecified atom stereocenters. The van der Waals surface area contributed by atoms with E-state index in [-0.39, 0.29) is 0 Å². The van der Waals surface area contributed by atoms with E-state index in [0.717, 1.165) is 32.6 Å². The Morgan fingerprint density at radius 1 is 1.38 bits per heavy atom. The zero-order valence-electron chi connectivity index (χ0n) is 13.2. The van der Waals surface area contributed by atoms with Gasteiger partial charge in [-0.15, -0.1) is 0 Å². The van der Waals surface area contributed by atoms with Crippen molar-refractivity contribution in [1.82, 2.24) is 9.80 Å². The van der Waals surface area contributed by atoms with E-state index in [2.05, 4.69) is 34.1 Å². The predicted octanol–water partition coefficient (Wildman–Crippen LogP) is 2.45. The van der Waals surface area contributed by atoms with Gasteiger partial charge in [-0.25, -0.2) is 0 Å². The third-order valence-electron chi connectivity index (χ3n) is 4.52. The molecule has 21 heavy (non-hydrogen) atoms. The van der Waals surface area contributed by atoms with Gasteiger partial charge < -0.3 is 5.11 Å². The van der Waals surface area contributed by atoms with Crippen molar-refractivity contribution in [2.24, 2.45) is 0 Å². The van der Waals surface area contributed by atoms with Crippen LogP contribution in [0.2, 0.25) is 0 Å². The van der Waals surface area contributed by atoms with Crippen molar-refractivity contribution < 1.29 is 9.90 Å². The molecule has 0 aromatic heterocycles. The summed E-state index contributed by atoms with van der Waals surface area (Å²) in [5.41, 5.74) is 0.515. The van der Waals surface area contributed by atoms with E-state index in [4.69, 9.17) is 0 Å². The summed E-state index contributed by atoms with van der Waals surface area (Å²) < 4.78 is 0. The van der Waals surface area contributed by atoms with Gasteiger partial charge in [0.2, 0.25) is 0 Å². The number of rotatable bonds is 6. The molecule has 2 rings (SSSR count). The molecule has 1 aromatic rings. The van der Waals surface area contributed by atoms with Crippen LogP contribution in [0.4, 0.5) is 0 Å². The molecule has 1 heterocycles. The van der Waals surface area contributed by atoms with Crippen LogP contribution in [0.3, 0.4) is 0 Å². The van der Waals surface area contributed by atoms with Crippen molar-refractivity contribution in [2.45, 2.75) is 45.3 Å². The minimum absolute atomic E-state index is 0.324. The summed E-state index contributed by atoms with van der Waals surface area (Å²) in [7, 11) is 0. The number of likely N-dealkylation sites (N-methyl/N-ethyl adjacent to an activating group) is 1. The molecule has 4 heteroatoms. The number of nitrogens with zero attached hydrogens (tertiary/aromatic N) is 2. The standard InChI is InChI=1S/C17H26N2O2/c1-4-19(17(2,3)16(20)21)15-10-11-18(13-15)12-14-8-6-5-7-9-14/h5-9,15H,4,10-13H2,1-3H3,(H,20,21). The number of hydrogen-bond donors (Lipinski definition) is 1. The normalized spacial score (nSPS) is 20.1. The Balaban J connectivity index is 1.99. The number of hydrogen-bond acceptors (Lipinski definition) is 3. The maximum atomic E-state index is 11.5. The lowest BCUT2D eigenvalue weighted by Gasteiger charge is -2.38. The van der Waals surface area contributed by atoms with Crippen molar-refractivity contribution in [3.05, 3.63) is 35.9 Å². The Morgan fingerprint density at radius 2 is 2.05 bits per heavy atom. The van der Waals surface area contributed by atoms with E-state index in [1.54, 1.807) is 13.8 Å². The van der Waals surface area contributed by atoms with Gasteiger partial charge in [-0.2, -0.15) is 0 Å². The number of carboxylic acid groups (broad SMARTS) is 1. The highest BCUT2D eigenvalue weighted by Gasteiger charge is 2.40. The second kappa shape index (κ2) is 6.58. The lowest BCUT2D eigenvalue weighted by Crippen LogP contribution is -2.55. The Labute approximate surface area is 127 Å². The first kappa shape index (κ1) is 16.0. The average Bonchev–Trinajstić information content (AvgIpc) is 2.88. The van der Waals surface area contributed by atoms with Crippen LogP contribution < -0.4 is 0 Å². The molecule has 1 fully saturated rings. The van der Waals surface area contributed by atoms with Crippen molar-refractivity contribution in [3.8, 4) is 0 Å². The summed E-state index contributed by atoms with van der Waals surface area (Å²) in [5, 5.41) is 9.45. The molecule has 1 N–H and O–H groups in total. The highest BCUT2D eigenvalue weighted by atomic mass is 16.4. The van der Waals surface area contributed by atoms with E-state index in [1.165, 1.54) is 5.56 Å². The number of benzene rings is 1. The third-order valence-corrected chi connectivity index (χ3v) is 4.52. The molecule has 1 atom stereocenters. The zero-order chi connectivity index (χ0) is 15.5. The monoisotopic (exact) mass is 290 g/mol. The first-order valence-corrected chi connectivity index (χ1v) is 7.71. The van der Waals surface area contributed by atoms with E-state index < -0.39 is 11.5 Å². The van der Waals surface area contributed by atoms with Crippen molar-refractivity contribution in [2.75, 3.05) is 19.6 Å². The van der Waals surface area contributed by atoms with Gasteiger partial charge in [0.1, 0.15) is 5.54 Å². The fourth-order valence-electron chi connectivity index (χ4n) is 3.28. The molecule has 1 aliphatic heterocycles. The molecule has 4 nitrogen and oxygen atoms in total. The Morgan fingerprint density at radius 3 is 2.62 bits per heavy atom. The second-order valence-corrected chi connectivity index (χ2v) is 6.31. The van der Waals surface area contributed by atoms with Crippen molar-refractivity contribution >= 4 is 5.97 Å². The smallest absolute Gasteiger partial charge is 0.323 e. The van der Waals surface area contributed by atoms with E-state index in [0.29, 0.717) is 6.04 Å². The second-order valence-electron chi connectivity index (χ2n) is 6.31. The summed E-state index contributed by atoms with van der Waals surface area (Å²) in [6.45, 7) is 9.35. The maximum absolute atomic E-state index is 11.5. The van der Waals surface area contributed by atoms with Gasteiger partial charge in [-0.05, 0) is 32.4 Å². The summed E-state index contributed by atoms with van der Waals surface area (Å²) in [6, 6.07) is 10.8. The van der Waals surface area contributed by atoms with Crippen molar-refractivity contribution in [3.63, 3.8) is 0 Å². The first-order chi connectivity index (χ1) is 9.95. The molecule has 1 aliphatic rings. The number of carboxylic acids is 1. The quantitative estimate of drug-likeness (QED) is 0.874. The SMILES string of the molecule is CCN(C1CCN(Cc2ccccc2)C1)C(C)(C)C(=O)O. The highest BCUT2D eigenvalue weighted by molar-refractivity contribution is 5.77. The molecule has 0 bridgehead atoms. The first-order valence-electron chi connectivity index (χ1n) is 7.71. The van der Waals surface area contributed by atoms with Crippen LogP contribution in [0.15, 0.2) is 30.3 Å². The van der Waals surface area contributed by atoms with Crippen LogP contribution in [0.1, 0.15) is 32.8 Å². The topological polar surface area (TPSA) is 43.8 Å². The summed E-state index contributed by atoms with van der Waals surface area (Å²) in [4.78, 5) is 16.0. The largest absolute Gasteiger partial charge is 0.480 e. The lowest BCUT2D eigenvalue weighted by molar-refractivity contribution is -0.150. The molecule has 1 aromatic carbocycles. The molecule has 1 saturated heterocycles. The van der Waals surface area contributed by atoms with Gasteiger partial charge >= 0.3 is 5.97 Å². The number of carbonyl (C=O) groups is 1. The summed E-state index contributed by atoms with van der Waals surface area (Å²) in [6.07, 6.45) is 1.04. The van der Waals surface area contributed by atoms with Gasteiger partial charge in [0.05, 0.1) is 0 Å². The van der Waals surface area contributed by atoms with E-state index >= 15 is 0 Å². The number of aliphatic carboxylic acids is 1. The molecular formula is C17H26N2O2. The lowest BCUT2D eigenvalue weighted by atomic mass is 10.00. The maximum Gasteiger partial charge on any atom is 0.323 e. The van der Waals surface area contributed by atoms with Crippen molar-refractivity contribution in [1.29, 1.82) is 0 Å². The molecule has 0 aliphatic carbocycles. The van der Waals surface area contributed by atoms with Gasteiger partial charge in [-0.3, -0.25) is 14.6 Å². The average molecular weight is 290 g/mol. The Hall–Kier alpha value is -1.39. The molecule has 0 spiro atoms. The van der Waals surface area contributed by atoms with Crippen LogP contribution in [0.25, 0.3) is 0 Å². The van der Waals surface area contributed by atoms with Crippen LogP contribution >= 0.6 is 0 Å². The van der Waals surface area contributed by atoms with Gasteiger partial charge in [0.15, 0.2) is 0 Å². The number of likely N-dealkylation sites (tertiary alicyclic amines) is 1. The van der Waals surface area contributed by atoms with Crippen LogP contribution in [0, 0.1) is 0 Å². The predicted molar refractivity (Wildman–Crippen MR) is 84.2 cm³/mol. The minimum Gasteiger partial charge on any atom is -0.480 e. The molecule has 116 valence electrons. The summed E-state index contributed by atoms with van der Waals surface area (Å²) >= 11 is 0. The highest BCUT2D eigenvalue weighted by Crippen LogP contribution is 2.25. The Kier molecular flexibility index (Phi) is 5.01. The van der Waals surface area contributed by atoms with Gasteiger partial charge in [0, 0.05) is 25.7 Å². The zero-order valence-corrected chi connectivity index (χ0v) is 13.2. The molecule has 0 amide bonds. The Bertz CT molecular complexity index is 473. The summed E-state index contributed by atoms with van der Waals surface area (Å²) in [5.74, 6) is -0.745. The fraction of sp³-hybridized carbons (Fsp3) is 0.588. The fourth-order valence-corrected chi connectivity index (χ4v) is 3.28.